The molecule has 1 aliphatic rings. The van der Waals surface area contributed by atoms with Crippen molar-refractivity contribution in [2.75, 3.05) is 19.0 Å². The summed E-state index contributed by atoms with van der Waals surface area (Å²) in [5.41, 5.74) is 7.44. The van der Waals surface area contributed by atoms with E-state index in [0.717, 1.165) is 25.1 Å². The van der Waals surface area contributed by atoms with E-state index < -0.39 is 0 Å². The second-order valence-corrected chi connectivity index (χ2v) is 8.78. The molecular weight excluding hydrogens is 386 g/mol. The summed E-state index contributed by atoms with van der Waals surface area (Å²) in [6.07, 6.45) is 9.68. The van der Waals surface area contributed by atoms with E-state index in [9.17, 15) is 0 Å². The summed E-state index contributed by atoms with van der Waals surface area (Å²) in [6.45, 7) is 8.02. The highest BCUT2D eigenvalue weighted by atomic mass is 32.2. The molecule has 2 aromatic carbocycles. The monoisotopic (exact) mass is 419 g/mol. The van der Waals surface area contributed by atoms with Crippen molar-refractivity contribution in [1.82, 2.24) is 10.6 Å². The van der Waals surface area contributed by atoms with Gasteiger partial charge in [0.1, 0.15) is 6.67 Å². The lowest BCUT2D eigenvalue weighted by Gasteiger charge is -2.16. The van der Waals surface area contributed by atoms with Crippen LogP contribution in [0.3, 0.4) is 0 Å². The van der Waals surface area contributed by atoms with Gasteiger partial charge in [-0.3, -0.25) is 4.99 Å². The largest absolute Gasteiger partial charge is 0.381 e. The number of aliphatic imine (C=N–C) groups is 1. The third-order valence-electron chi connectivity index (χ3n) is 4.92. The Hall–Kier alpha value is -2.46. The molecule has 2 aromatic rings. The van der Waals surface area contributed by atoms with Crippen LogP contribution in [-0.2, 0) is 0 Å². The quantitative estimate of drug-likeness (QED) is 0.437. The number of hydrogen-bond acceptors (Lipinski definition) is 4. The minimum absolute atomic E-state index is 0.665. The van der Waals surface area contributed by atoms with Crippen molar-refractivity contribution >= 4 is 23.7 Å². The predicted molar refractivity (Wildman–Crippen MR) is 133 cm³/mol. The van der Waals surface area contributed by atoms with E-state index in [1.54, 1.807) is 0 Å². The molecule has 0 atom stereocenters. The van der Waals surface area contributed by atoms with Gasteiger partial charge in [-0.25, -0.2) is 0 Å². The summed E-state index contributed by atoms with van der Waals surface area (Å²) < 4.78 is 0. The van der Waals surface area contributed by atoms with Gasteiger partial charge in [-0.2, -0.15) is 0 Å². The molecule has 158 valence electrons. The number of nitrogens with zero attached hydrogens (tertiary/aromatic N) is 1. The molecule has 0 amide bonds. The fourth-order valence-corrected chi connectivity index (χ4v) is 4.14. The zero-order valence-corrected chi connectivity index (χ0v) is 19.2. The molecule has 3 rings (SSSR count). The SMILES string of the molecule is CCCC=C(NCC1=CNCN=C1)c1cc(SCCC)cc(-c2ccc(C)cc2)c1. The molecule has 1 aliphatic heterocycles. The molecule has 0 saturated carbocycles. The third-order valence-corrected chi connectivity index (χ3v) is 6.10. The van der Waals surface area contributed by atoms with Crippen molar-refractivity contribution in [3.63, 3.8) is 0 Å². The summed E-state index contributed by atoms with van der Waals surface area (Å²) in [7, 11) is 0. The minimum Gasteiger partial charge on any atom is -0.381 e. The van der Waals surface area contributed by atoms with Gasteiger partial charge < -0.3 is 10.6 Å². The van der Waals surface area contributed by atoms with Crippen LogP contribution in [-0.4, -0.2) is 25.2 Å². The highest BCUT2D eigenvalue weighted by Crippen LogP contribution is 2.31. The van der Waals surface area contributed by atoms with E-state index in [-0.39, 0.29) is 0 Å². The van der Waals surface area contributed by atoms with Crippen LogP contribution in [0.1, 0.15) is 44.2 Å². The summed E-state index contributed by atoms with van der Waals surface area (Å²) in [6, 6.07) is 15.8. The van der Waals surface area contributed by atoms with Crippen molar-refractivity contribution in [2.45, 2.75) is 44.9 Å². The first-order valence-electron chi connectivity index (χ1n) is 10.9. The maximum atomic E-state index is 4.31. The highest BCUT2D eigenvalue weighted by Gasteiger charge is 2.09. The van der Waals surface area contributed by atoms with Crippen LogP contribution >= 0.6 is 11.8 Å². The van der Waals surface area contributed by atoms with E-state index in [2.05, 4.69) is 84.9 Å². The first-order valence-corrected chi connectivity index (χ1v) is 11.9. The molecule has 1 heterocycles. The first-order chi connectivity index (χ1) is 14.7. The van der Waals surface area contributed by atoms with Crippen molar-refractivity contribution in [3.05, 3.63) is 71.4 Å². The van der Waals surface area contributed by atoms with Crippen LogP contribution < -0.4 is 10.6 Å². The molecule has 0 unspecified atom stereocenters. The van der Waals surface area contributed by atoms with E-state index in [0.29, 0.717) is 6.67 Å². The van der Waals surface area contributed by atoms with Gasteiger partial charge in [0.15, 0.2) is 0 Å². The fraction of sp³-hybridized carbons (Fsp3) is 0.346. The van der Waals surface area contributed by atoms with Gasteiger partial charge in [0.25, 0.3) is 0 Å². The number of aryl methyl sites for hydroxylation is 1. The van der Waals surface area contributed by atoms with Gasteiger partial charge in [-0.05, 0) is 60.4 Å². The molecule has 0 aliphatic carbocycles. The number of thioether (sulfide) groups is 1. The maximum Gasteiger partial charge on any atom is 0.107 e. The Morgan fingerprint density at radius 3 is 2.63 bits per heavy atom. The van der Waals surface area contributed by atoms with E-state index in [1.807, 2.05) is 24.2 Å². The first kappa shape index (κ1) is 22.2. The van der Waals surface area contributed by atoms with E-state index in [1.165, 1.54) is 44.8 Å². The lowest BCUT2D eigenvalue weighted by Crippen LogP contribution is -2.21. The molecule has 3 nitrogen and oxygen atoms in total. The summed E-state index contributed by atoms with van der Waals surface area (Å²) >= 11 is 1.94. The van der Waals surface area contributed by atoms with Gasteiger partial charge >= 0.3 is 0 Å². The van der Waals surface area contributed by atoms with Crippen molar-refractivity contribution < 1.29 is 0 Å². The normalized spacial score (nSPS) is 13.7. The van der Waals surface area contributed by atoms with Gasteiger partial charge in [0.2, 0.25) is 0 Å². The Kier molecular flexibility index (Phi) is 8.64. The topological polar surface area (TPSA) is 36.4 Å². The second-order valence-electron chi connectivity index (χ2n) is 7.61. The Morgan fingerprint density at radius 2 is 1.93 bits per heavy atom. The lowest BCUT2D eigenvalue weighted by atomic mass is 10.00. The molecule has 0 bridgehead atoms. The number of nitrogens with one attached hydrogen (secondary N) is 2. The maximum absolute atomic E-state index is 4.31. The van der Waals surface area contributed by atoms with Gasteiger partial charge in [0, 0.05) is 35.1 Å². The number of rotatable bonds is 10. The van der Waals surface area contributed by atoms with Crippen molar-refractivity contribution in [3.8, 4) is 11.1 Å². The van der Waals surface area contributed by atoms with Crippen LogP contribution in [0.25, 0.3) is 16.8 Å². The molecule has 0 spiro atoms. The number of hydrogen-bond donors (Lipinski definition) is 2. The molecular formula is C26H33N3S. The number of unbranched alkanes of at least 4 members (excludes halogenated alkanes) is 1. The fourth-order valence-electron chi connectivity index (χ4n) is 3.27. The van der Waals surface area contributed by atoms with Crippen molar-refractivity contribution in [1.29, 1.82) is 0 Å². The molecule has 0 aromatic heterocycles. The highest BCUT2D eigenvalue weighted by molar-refractivity contribution is 7.99. The number of benzene rings is 2. The molecule has 0 saturated heterocycles. The second kappa shape index (κ2) is 11.7. The Morgan fingerprint density at radius 1 is 1.10 bits per heavy atom. The summed E-state index contributed by atoms with van der Waals surface area (Å²) in [5.74, 6) is 1.13. The summed E-state index contributed by atoms with van der Waals surface area (Å²) in [5, 5.41) is 6.85. The molecule has 4 heteroatoms. The molecule has 2 N–H and O–H groups in total. The van der Waals surface area contributed by atoms with Crippen LogP contribution in [0.4, 0.5) is 0 Å². The number of allylic oxidation sites excluding steroid dienone is 1. The average molecular weight is 420 g/mol. The molecule has 0 fully saturated rings. The standard InChI is InChI=1S/C26H33N3S/c1-4-6-7-26(29-18-21-16-27-19-28-17-21)24-13-23(14-25(15-24)30-12-5-2)22-10-8-20(3)9-11-22/h7-11,13-17,27,29H,4-6,12,18-19H2,1-3H3. The van der Waals surface area contributed by atoms with Gasteiger partial charge in [-0.1, -0.05) is 56.2 Å². The lowest BCUT2D eigenvalue weighted by molar-refractivity contribution is 0.849. The minimum atomic E-state index is 0.665. The van der Waals surface area contributed by atoms with Crippen LogP contribution in [0, 0.1) is 6.92 Å². The molecule has 0 radical (unpaired) electrons. The Balaban J connectivity index is 1.93. The van der Waals surface area contributed by atoms with Crippen LogP contribution in [0.15, 0.2) is 70.2 Å². The van der Waals surface area contributed by atoms with Crippen LogP contribution in [0.2, 0.25) is 0 Å². The zero-order valence-electron chi connectivity index (χ0n) is 18.4. The molecule has 30 heavy (non-hydrogen) atoms. The van der Waals surface area contributed by atoms with Gasteiger partial charge in [0.05, 0.1) is 0 Å². The van der Waals surface area contributed by atoms with Crippen molar-refractivity contribution in [2.24, 2.45) is 4.99 Å². The average Bonchev–Trinajstić information content (AvgIpc) is 2.78. The van der Waals surface area contributed by atoms with Crippen LogP contribution in [0.5, 0.6) is 0 Å². The zero-order chi connectivity index (χ0) is 21.2. The third kappa shape index (κ3) is 6.53. The Labute approximate surface area is 185 Å². The summed E-state index contributed by atoms with van der Waals surface area (Å²) in [4.78, 5) is 5.64. The van der Waals surface area contributed by atoms with E-state index >= 15 is 0 Å². The van der Waals surface area contributed by atoms with Gasteiger partial charge in [-0.15, -0.1) is 11.8 Å². The van der Waals surface area contributed by atoms with E-state index in [4.69, 9.17) is 0 Å². The predicted octanol–water partition coefficient (Wildman–Crippen LogP) is 6.41. The Bertz CT molecular complexity index is 910. The smallest absolute Gasteiger partial charge is 0.107 e.